The molecule has 0 radical (unpaired) electrons. The minimum atomic E-state index is -4.40. The molecule has 18 heavy (non-hydrogen) atoms. The van der Waals surface area contributed by atoms with Crippen LogP contribution in [0.2, 0.25) is 5.02 Å². The molecule has 0 saturated heterocycles. The Kier molecular flexibility index (Phi) is 3.68. The Morgan fingerprint density at radius 2 is 2.17 bits per heavy atom. The summed E-state index contributed by atoms with van der Waals surface area (Å²) < 4.78 is 43.7. The summed E-state index contributed by atoms with van der Waals surface area (Å²) in [6, 6.07) is -0.679. The molecule has 0 amide bonds. The molecule has 7 heteroatoms. The molecule has 1 heterocycles. The number of alkyl halides is 3. The third-order valence-electron chi connectivity index (χ3n) is 2.66. The lowest BCUT2D eigenvalue weighted by atomic mass is 10.1. The second-order valence-corrected chi connectivity index (χ2v) is 4.57. The van der Waals surface area contributed by atoms with Crippen molar-refractivity contribution in [1.29, 1.82) is 0 Å². The fourth-order valence-corrected chi connectivity index (χ4v) is 1.81. The van der Waals surface area contributed by atoms with Crippen molar-refractivity contribution in [2.75, 3.05) is 7.11 Å². The van der Waals surface area contributed by atoms with Crippen LogP contribution in [-0.4, -0.2) is 24.3 Å². The van der Waals surface area contributed by atoms with Crippen LogP contribution in [0.3, 0.4) is 0 Å². The fraction of sp³-hybridized carbons (Fsp3) is 0.545. The van der Waals surface area contributed by atoms with Gasteiger partial charge in [-0.15, -0.1) is 0 Å². The number of halogens is 4. The minimum Gasteiger partial charge on any atom is -0.494 e. The molecular weight excluding hydrogens is 269 g/mol. The van der Waals surface area contributed by atoms with Gasteiger partial charge >= 0.3 is 6.18 Å². The van der Waals surface area contributed by atoms with E-state index in [1.807, 2.05) is 0 Å². The van der Waals surface area contributed by atoms with E-state index in [1.54, 1.807) is 0 Å². The van der Waals surface area contributed by atoms with Crippen LogP contribution in [0.25, 0.3) is 0 Å². The summed E-state index contributed by atoms with van der Waals surface area (Å²) in [5, 5.41) is 2.64. The Bertz CT molecular complexity index is 435. The first-order valence-corrected chi connectivity index (χ1v) is 5.82. The van der Waals surface area contributed by atoms with E-state index in [0.717, 1.165) is 12.8 Å². The van der Waals surface area contributed by atoms with Crippen LogP contribution in [0.1, 0.15) is 24.6 Å². The monoisotopic (exact) mass is 280 g/mol. The van der Waals surface area contributed by atoms with E-state index in [-0.39, 0.29) is 22.5 Å². The molecule has 1 unspecified atom stereocenters. The minimum absolute atomic E-state index is 0.0840. The molecule has 1 saturated carbocycles. The molecule has 0 bridgehead atoms. The normalized spacial score (nSPS) is 17.6. The lowest BCUT2D eigenvalue weighted by molar-refractivity contribution is -0.159. The number of hydrogen-bond acceptors (Lipinski definition) is 3. The van der Waals surface area contributed by atoms with Gasteiger partial charge in [0, 0.05) is 6.04 Å². The number of nitrogens with one attached hydrogen (secondary N) is 1. The maximum atomic E-state index is 12.9. The summed E-state index contributed by atoms with van der Waals surface area (Å²) in [7, 11) is 1.38. The van der Waals surface area contributed by atoms with E-state index in [4.69, 9.17) is 16.3 Å². The van der Waals surface area contributed by atoms with Gasteiger partial charge in [0.15, 0.2) is 5.75 Å². The number of methoxy groups -OCH3 is 1. The van der Waals surface area contributed by atoms with Gasteiger partial charge in [0.05, 0.1) is 24.0 Å². The third kappa shape index (κ3) is 3.05. The zero-order valence-electron chi connectivity index (χ0n) is 9.59. The molecule has 0 aliphatic heterocycles. The lowest BCUT2D eigenvalue weighted by Gasteiger charge is -2.21. The Morgan fingerprint density at radius 3 is 2.61 bits per heavy atom. The number of nitrogens with zero attached hydrogens (tertiary/aromatic N) is 1. The molecule has 0 aromatic carbocycles. The first-order valence-electron chi connectivity index (χ1n) is 5.44. The third-order valence-corrected chi connectivity index (χ3v) is 2.96. The molecule has 3 nitrogen and oxygen atoms in total. The maximum absolute atomic E-state index is 12.9. The van der Waals surface area contributed by atoms with E-state index < -0.39 is 12.2 Å². The predicted molar refractivity (Wildman–Crippen MR) is 60.8 cm³/mol. The van der Waals surface area contributed by atoms with E-state index in [9.17, 15) is 13.2 Å². The summed E-state index contributed by atoms with van der Waals surface area (Å²) in [5.74, 6) is 0.257. The molecular formula is C11H12ClF3N2O. The van der Waals surface area contributed by atoms with E-state index >= 15 is 0 Å². The lowest BCUT2D eigenvalue weighted by Crippen LogP contribution is -2.36. The van der Waals surface area contributed by atoms with Crippen LogP contribution >= 0.6 is 11.6 Å². The van der Waals surface area contributed by atoms with Gasteiger partial charge in [-0.05, 0) is 18.9 Å². The van der Waals surface area contributed by atoms with Crippen LogP contribution in [-0.2, 0) is 0 Å². The van der Waals surface area contributed by atoms with Gasteiger partial charge in [0.2, 0.25) is 0 Å². The Balaban J connectivity index is 2.26. The quantitative estimate of drug-likeness (QED) is 0.920. The van der Waals surface area contributed by atoms with Crippen molar-refractivity contribution in [2.45, 2.75) is 31.1 Å². The summed E-state index contributed by atoms with van der Waals surface area (Å²) in [6.45, 7) is 0. The maximum Gasteiger partial charge on any atom is 0.409 e. The molecule has 1 aliphatic carbocycles. The smallest absolute Gasteiger partial charge is 0.409 e. The van der Waals surface area contributed by atoms with Gasteiger partial charge in [-0.2, -0.15) is 13.2 Å². The first kappa shape index (κ1) is 13.4. The van der Waals surface area contributed by atoms with Crippen LogP contribution in [0.15, 0.2) is 12.3 Å². The van der Waals surface area contributed by atoms with Crippen molar-refractivity contribution in [1.82, 2.24) is 10.3 Å². The van der Waals surface area contributed by atoms with Crippen molar-refractivity contribution >= 4 is 11.6 Å². The van der Waals surface area contributed by atoms with Crippen LogP contribution in [0.4, 0.5) is 13.2 Å². The summed E-state index contributed by atoms with van der Waals surface area (Å²) in [6.07, 6.45) is -1.68. The second kappa shape index (κ2) is 4.93. The molecule has 1 aromatic rings. The standard InChI is InChI=1S/C11H12ClF3N2O/c1-18-9-5-16-8(4-7(9)12)10(11(13,14)15)17-6-2-3-6/h4-6,10,17H,2-3H2,1H3. The molecule has 0 spiro atoms. The largest absolute Gasteiger partial charge is 0.494 e. The number of aromatic nitrogens is 1. The van der Waals surface area contributed by atoms with Gasteiger partial charge in [0.25, 0.3) is 0 Å². The van der Waals surface area contributed by atoms with Crippen molar-refractivity contribution in [2.24, 2.45) is 0 Å². The first-order chi connectivity index (χ1) is 8.41. The second-order valence-electron chi connectivity index (χ2n) is 4.16. The van der Waals surface area contributed by atoms with Gasteiger partial charge in [-0.1, -0.05) is 11.6 Å². The topological polar surface area (TPSA) is 34.1 Å². The van der Waals surface area contributed by atoms with Crippen LogP contribution in [0.5, 0.6) is 5.75 Å². The number of hydrogen-bond donors (Lipinski definition) is 1. The molecule has 100 valence electrons. The molecule has 2 rings (SSSR count). The number of rotatable bonds is 4. The highest BCUT2D eigenvalue weighted by Gasteiger charge is 2.44. The summed E-state index contributed by atoms with van der Waals surface area (Å²) >= 11 is 5.82. The summed E-state index contributed by atoms with van der Waals surface area (Å²) in [4.78, 5) is 3.77. The molecule has 1 N–H and O–H groups in total. The average Bonchev–Trinajstić information content (AvgIpc) is 3.08. The highest BCUT2D eigenvalue weighted by Crippen LogP contribution is 2.37. The zero-order chi connectivity index (χ0) is 13.3. The van der Waals surface area contributed by atoms with Crippen LogP contribution < -0.4 is 10.1 Å². The van der Waals surface area contributed by atoms with Crippen molar-refractivity contribution in [3.8, 4) is 5.75 Å². The molecule has 1 aromatic heterocycles. The predicted octanol–water partition coefficient (Wildman–Crippen LogP) is 3.10. The molecule has 1 aliphatic rings. The SMILES string of the molecule is COc1cnc(C(NC2CC2)C(F)(F)F)cc1Cl. The fourth-order valence-electron chi connectivity index (χ4n) is 1.57. The number of ether oxygens (including phenoxy) is 1. The van der Waals surface area contributed by atoms with Gasteiger partial charge in [0.1, 0.15) is 6.04 Å². The summed E-state index contributed by atoms with van der Waals surface area (Å²) in [5.41, 5.74) is -0.139. The Labute approximate surface area is 107 Å². The zero-order valence-corrected chi connectivity index (χ0v) is 10.3. The number of pyridine rings is 1. The molecule has 1 atom stereocenters. The molecule has 1 fully saturated rings. The van der Waals surface area contributed by atoms with Gasteiger partial charge in [-0.25, -0.2) is 0 Å². The van der Waals surface area contributed by atoms with E-state index in [0.29, 0.717) is 0 Å². The highest BCUT2D eigenvalue weighted by atomic mass is 35.5. The highest BCUT2D eigenvalue weighted by molar-refractivity contribution is 6.32. The van der Waals surface area contributed by atoms with E-state index in [2.05, 4.69) is 10.3 Å². The van der Waals surface area contributed by atoms with Crippen LogP contribution in [0, 0.1) is 0 Å². The Morgan fingerprint density at radius 1 is 1.50 bits per heavy atom. The Hall–Kier alpha value is -1.01. The van der Waals surface area contributed by atoms with Crippen molar-refractivity contribution in [3.05, 3.63) is 23.0 Å². The van der Waals surface area contributed by atoms with E-state index in [1.165, 1.54) is 19.4 Å². The van der Waals surface area contributed by atoms with Crippen molar-refractivity contribution in [3.63, 3.8) is 0 Å². The van der Waals surface area contributed by atoms with Gasteiger partial charge in [-0.3, -0.25) is 10.3 Å². The average molecular weight is 281 g/mol. The van der Waals surface area contributed by atoms with Gasteiger partial charge < -0.3 is 4.74 Å². The van der Waals surface area contributed by atoms with Crippen molar-refractivity contribution < 1.29 is 17.9 Å².